The van der Waals surface area contributed by atoms with Crippen molar-refractivity contribution >= 4 is 16.9 Å². The van der Waals surface area contributed by atoms with Gasteiger partial charge in [-0.25, -0.2) is 0 Å². The topological polar surface area (TPSA) is 101 Å². The molecule has 0 saturated carbocycles. The van der Waals surface area contributed by atoms with Crippen LogP contribution in [0.1, 0.15) is 11.1 Å². The minimum absolute atomic E-state index is 0.0801. The van der Waals surface area contributed by atoms with Crippen molar-refractivity contribution < 1.29 is 23.4 Å². The zero-order valence-electron chi connectivity index (χ0n) is 16.1. The maximum absolute atomic E-state index is 13.1. The number of carbonyl (C=O) groups excluding carboxylic acids is 1. The predicted molar refractivity (Wildman–Crippen MR) is 105 cm³/mol. The number of amides is 1. The third-order valence-corrected chi connectivity index (χ3v) is 4.28. The minimum atomic E-state index is -0.696. The number of aryl methyl sites for hydroxylation is 2. The molecule has 0 atom stereocenters. The van der Waals surface area contributed by atoms with E-state index in [1.54, 1.807) is 24.3 Å². The molecule has 1 heterocycles. The highest BCUT2D eigenvalue weighted by Crippen LogP contribution is 2.37. The van der Waals surface area contributed by atoms with Gasteiger partial charge in [-0.1, -0.05) is 6.07 Å². The highest BCUT2D eigenvalue weighted by atomic mass is 16.5. The first-order valence-corrected chi connectivity index (χ1v) is 8.57. The maximum Gasteiger partial charge on any atom is 0.255 e. The van der Waals surface area contributed by atoms with Crippen LogP contribution in [0.4, 0.5) is 0 Å². The maximum atomic E-state index is 13.1. The van der Waals surface area contributed by atoms with E-state index in [0.29, 0.717) is 28.0 Å². The summed E-state index contributed by atoms with van der Waals surface area (Å²) in [7, 11) is 3.04. The molecule has 146 valence electrons. The lowest BCUT2D eigenvalue weighted by atomic mass is 10.0. The Balaban J connectivity index is 2.32. The highest BCUT2D eigenvalue weighted by Gasteiger charge is 2.21. The van der Waals surface area contributed by atoms with Crippen LogP contribution in [0.25, 0.3) is 22.3 Å². The van der Waals surface area contributed by atoms with E-state index in [9.17, 15) is 9.59 Å². The highest BCUT2D eigenvalue weighted by molar-refractivity contribution is 5.85. The van der Waals surface area contributed by atoms with E-state index in [0.717, 1.165) is 11.1 Å². The van der Waals surface area contributed by atoms with Crippen molar-refractivity contribution in [3.63, 3.8) is 0 Å². The van der Waals surface area contributed by atoms with Crippen molar-refractivity contribution in [3.8, 4) is 28.6 Å². The fraction of sp³-hybridized carbons (Fsp3) is 0.238. The Morgan fingerprint density at radius 1 is 1.07 bits per heavy atom. The van der Waals surface area contributed by atoms with E-state index >= 15 is 0 Å². The van der Waals surface area contributed by atoms with Crippen LogP contribution < -0.4 is 25.4 Å². The van der Waals surface area contributed by atoms with E-state index in [2.05, 4.69) is 0 Å². The molecule has 2 N–H and O–H groups in total. The van der Waals surface area contributed by atoms with Gasteiger partial charge in [0, 0.05) is 5.56 Å². The van der Waals surface area contributed by atoms with Gasteiger partial charge < -0.3 is 24.4 Å². The molecule has 0 fully saturated rings. The van der Waals surface area contributed by atoms with Gasteiger partial charge in [0.1, 0.15) is 5.58 Å². The summed E-state index contributed by atoms with van der Waals surface area (Å²) >= 11 is 0. The van der Waals surface area contributed by atoms with Crippen LogP contribution in [0.15, 0.2) is 39.5 Å². The number of ether oxygens (including phenoxy) is 3. The van der Waals surface area contributed by atoms with Gasteiger partial charge in [-0.15, -0.1) is 0 Å². The summed E-state index contributed by atoms with van der Waals surface area (Å²) in [5.74, 6) is 0.401. The Bertz CT molecular complexity index is 1120. The Morgan fingerprint density at radius 2 is 1.79 bits per heavy atom. The van der Waals surface area contributed by atoms with E-state index in [4.69, 9.17) is 24.4 Å². The van der Waals surface area contributed by atoms with Crippen LogP contribution in [0.2, 0.25) is 0 Å². The second-order valence-electron chi connectivity index (χ2n) is 6.37. The molecule has 28 heavy (non-hydrogen) atoms. The molecule has 1 amide bonds. The molecule has 0 aliphatic carbocycles. The fourth-order valence-electron chi connectivity index (χ4n) is 3.07. The average molecular weight is 383 g/mol. The molecule has 0 spiro atoms. The molecule has 7 nitrogen and oxygen atoms in total. The number of carbonyl (C=O) groups is 1. The van der Waals surface area contributed by atoms with Crippen LogP contribution in [0.3, 0.4) is 0 Å². The second kappa shape index (κ2) is 7.64. The molecule has 7 heteroatoms. The minimum Gasteiger partial charge on any atom is -0.493 e. The van der Waals surface area contributed by atoms with Crippen molar-refractivity contribution in [1.29, 1.82) is 0 Å². The SMILES string of the molecule is COc1ccc(-c2oc3c(C)cc(C)cc3c(=O)c2OCC(N)=O)cc1OC. The molecular weight excluding hydrogens is 362 g/mol. The number of rotatable bonds is 6. The van der Waals surface area contributed by atoms with Gasteiger partial charge in [-0.2, -0.15) is 0 Å². The fourth-order valence-corrected chi connectivity index (χ4v) is 3.07. The van der Waals surface area contributed by atoms with Gasteiger partial charge in [0.15, 0.2) is 23.9 Å². The third kappa shape index (κ3) is 3.51. The largest absolute Gasteiger partial charge is 0.493 e. The summed E-state index contributed by atoms with van der Waals surface area (Å²) in [4.78, 5) is 24.3. The van der Waals surface area contributed by atoms with Gasteiger partial charge in [-0.3, -0.25) is 9.59 Å². The van der Waals surface area contributed by atoms with Gasteiger partial charge in [0.2, 0.25) is 11.2 Å². The molecule has 2 aromatic carbocycles. The van der Waals surface area contributed by atoms with Crippen LogP contribution >= 0.6 is 0 Å². The molecular formula is C21H21NO6. The molecule has 0 radical (unpaired) electrons. The van der Waals surface area contributed by atoms with Crippen molar-refractivity contribution in [1.82, 2.24) is 0 Å². The summed E-state index contributed by atoms with van der Waals surface area (Å²) in [6.07, 6.45) is 0. The monoisotopic (exact) mass is 383 g/mol. The van der Waals surface area contributed by atoms with E-state index in [1.807, 2.05) is 19.9 Å². The molecule has 0 unspecified atom stereocenters. The van der Waals surface area contributed by atoms with Crippen molar-refractivity contribution in [2.75, 3.05) is 20.8 Å². The van der Waals surface area contributed by atoms with Crippen LogP contribution in [-0.4, -0.2) is 26.7 Å². The van der Waals surface area contributed by atoms with Crippen molar-refractivity contribution in [2.45, 2.75) is 13.8 Å². The average Bonchev–Trinajstić information content (AvgIpc) is 2.66. The Morgan fingerprint density at radius 3 is 2.43 bits per heavy atom. The van der Waals surface area contributed by atoms with E-state index in [-0.39, 0.29) is 16.9 Å². The van der Waals surface area contributed by atoms with Crippen molar-refractivity contribution in [3.05, 3.63) is 51.7 Å². The molecule has 0 saturated heterocycles. The van der Waals surface area contributed by atoms with Gasteiger partial charge in [-0.05, 0) is 49.2 Å². The number of benzene rings is 2. The number of primary amides is 1. The van der Waals surface area contributed by atoms with E-state index < -0.39 is 12.5 Å². The lowest BCUT2D eigenvalue weighted by molar-refractivity contribution is -0.119. The first kappa shape index (κ1) is 19.3. The number of hydrogen-bond acceptors (Lipinski definition) is 6. The normalized spacial score (nSPS) is 10.7. The lowest BCUT2D eigenvalue weighted by Gasteiger charge is -2.14. The molecule has 0 aliphatic rings. The molecule has 0 bridgehead atoms. The number of hydrogen-bond donors (Lipinski definition) is 1. The second-order valence-corrected chi connectivity index (χ2v) is 6.37. The third-order valence-electron chi connectivity index (χ3n) is 4.28. The van der Waals surface area contributed by atoms with Crippen LogP contribution in [0, 0.1) is 13.8 Å². The lowest BCUT2D eigenvalue weighted by Crippen LogP contribution is -2.22. The van der Waals surface area contributed by atoms with Crippen LogP contribution in [0.5, 0.6) is 17.2 Å². The Hall–Kier alpha value is -3.48. The zero-order valence-corrected chi connectivity index (χ0v) is 16.1. The summed E-state index contributed by atoms with van der Waals surface area (Å²) in [6, 6.07) is 8.73. The first-order valence-electron chi connectivity index (χ1n) is 8.57. The van der Waals surface area contributed by atoms with Crippen LogP contribution in [-0.2, 0) is 4.79 Å². The number of nitrogens with two attached hydrogens (primary N) is 1. The smallest absolute Gasteiger partial charge is 0.255 e. The Kier molecular flexibility index (Phi) is 5.26. The molecule has 3 rings (SSSR count). The van der Waals surface area contributed by atoms with Gasteiger partial charge >= 0.3 is 0 Å². The van der Waals surface area contributed by atoms with Gasteiger partial charge in [0.05, 0.1) is 19.6 Å². The summed E-state index contributed by atoms with van der Waals surface area (Å²) in [5.41, 5.74) is 7.53. The van der Waals surface area contributed by atoms with Gasteiger partial charge in [0.25, 0.3) is 5.91 Å². The summed E-state index contributed by atoms with van der Waals surface area (Å²) < 4.78 is 22.1. The first-order chi connectivity index (χ1) is 13.3. The number of methoxy groups -OCH3 is 2. The molecule has 0 aliphatic heterocycles. The molecule has 1 aromatic heterocycles. The number of fused-ring (bicyclic) bond motifs is 1. The predicted octanol–water partition coefficient (Wildman–Crippen LogP) is 2.96. The Labute approximate surface area is 161 Å². The summed E-state index contributed by atoms with van der Waals surface area (Å²) in [6.45, 7) is 3.31. The quantitative estimate of drug-likeness (QED) is 0.702. The zero-order chi connectivity index (χ0) is 20.4. The molecule has 3 aromatic rings. The van der Waals surface area contributed by atoms with Crippen molar-refractivity contribution in [2.24, 2.45) is 5.73 Å². The standard InChI is InChI=1S/C21H21NO6/c1-11-7-12(2)19-14(8-11)18(24)21(27-10-17(22)23)20(28-19)13-5-6-15(25-3)16(9-13)26-4/h5-9H,10H2,1-4H3,(H2,22,23). The van der Waals surface area contributed by atoms with E-state index in [1.165, 1.54) is 14.2 Å². The summed E-state index contributed by atoms with van der Waals surface area (Å²) in [5, 5.41) is 0.376.